The Hall–Kier alpha value is -2.11. The van der Waals surface area contributed by atoms with E-state index >= 15 is 0 Å². The van der Waals surface area contributed by atoms with E-state index in [0.717, 1.165) is 22.9 Å². The van der Waals surface area contributed by atoms with Gasteiger partial charge in [-0.05, 0) is 36.4 Å². The minimum atomic E-state index is -0.366. The van der Waals surface area contributed by atoms with Gasteiger partial charge in [0.1, 0.15) is 0 Å². The van der Waals surface area contributed by atoms with Crippen LogP contribution in [0.1, 0.15) is 12.5 Å². The van der Waals surface area contributed by atoms with E-state index in [2.05, 4.69) is 11.9 Å². The molecular weight excluding hydrogens is 344 g/mol. The van der Waals surface area contributed by atoms with Gasteiger partial charge in [-0.3, -0.25) is 10.1 Å². The number of thioether (sulfide) groups is 1. The standard InChI is InChI=1S/C18H15ClN2O2S/c1-3-11-8-9-15-13(10-11)16(12-6-4-5-7-14(12)19)17(21(22)23)18(20-15)24-2/h4-10H,3H2,1-2H3. The molecule has 0 spiro atoms. The van der Waals surface area contributed by atoms with Crippen molar-refractivity contribution in [3.63, 3.8) is 0 Å². The number of hydrogen-bond acceptors (Lipinski definition) is 4. The zero-order chi connectivity index (χ0) is 17.3. The Morgan fingerprint density at radius 1 is 1.25 bits per heavy atom. The molecule has 1 heterocycles. The lowest BCUT2D eigenvalue weighted by Crippen LogP contribution is -1.99. The van der Waals surface area contributed by atoms with E-state index in [0.29, 0.717) is 21.2 Å². The fourth-order valence-electron chi connectivity index (χ4n) is 2.75. The van der Waals surface area contributed by atoms with Crippen molar-refractivity contribution < 1.29 is 4.92 Å². The minimum Gasteiger partial charge on any atom is -0.258 e. The number of benzene rings is 2. The van der Waals surface area contributed by atoms with Crippen molar-refractivity contribution in [3.05, 3.63) is 63.2 Å². The van der Waals surface area contributed by atoms with E-state index in [1.165, 1.54) is 11.8 Å². The molecule has 0 aliphatic carbocycles. The zero-order valence-electron chi connectivity index (χ0n) is 13.2. The molecule has 0 aliphatic heterocycles. The molecule has 0 unspecified atom stereocenters. The Balaban J connectivity index is 2.52. The number of hydrogen-bond donors (Lipinski definition) is 0. The van der Waals surface area contributed by atoms with E-state index < -0.39 is 0 Å². The Bertz CT molecular complexity index is 944. The average molecular weight is 359 g/mol. The largest absolute Gasteiger partial charge is 0.309 e. The summed E-state index contributed by atoms with van der Waals surface area (Å²) in [5.41, 5.74) is 3.04. The molecule has 24 heavy (non-hydrogen) atoms. The second-order valence-electron chi connectivity index (χ2n) is 5.29. The predicted octanol–water partition coefficient (Wildman–Crippen LogP) is 5.75. The lowest BCUT2D eigenvalue weighted by Gasteiger charge is -2.12. The van der Waals surface area contributed by atoms with Gasteiger partial charge in [0.25, 0.3) is 0 Å². The highest BCUT2D eigenvalue weighted by Crippen LogP contribution is 2.43. The number of rotatable bonds is 4. The molecule has 0 amide bonds. The Morgan fingerprint density at radius 2 is 2.00 bits per heavy atom. The zero-order valence-corrected chi connectivity index (χ0v) is 14.8. The summed E-state index contributed by atoms with van der Waals surface area (Å²) in [4.78, 5) is 15.9. The van der Waals surface area contributed by atoms with Crippen LogP contribution in [0.25, 0.3) is 22.0 Å². The first-order valence-electron chi connectivity index (χ1n) is 7.46. The van der Waals surface area contributed by atoms with Crippen LogP contribution in [0.4, 0.5) is 5.69 Å². The Labute approximate surface area is 149 Å². The third-order valence-electron chi connectivity index (χ3n) is 3.92. The van der Waals surface area contributed by atoms with Gasteiger partial charge in [0.15, 0.2) is 5.03 Å². The van der Waals surface area contributed by atoms with Crippen LogP contribution >= 0.6 is 23.4 Å². The predicted molar refractivity (Wildman–Crippen MR) is 100 cm³/mol. The van der Waals surface area contributed by atoms with Crippen molar-refractivity contribution in [2.75, 3.05) is 6.26 Å². The quantitative estimate of drug-likeness (QED) is 0.338. The number of halogens is 1. The number of aryl methyl sites for hydroxylation is 1. The van der Waals surface area contributed by atoms with E-state index in [4.69, 9.17) is 11.6 Å². The van der Waals surface area contributed by atoms with Gasteiger partial charge in [0.2, 0.25) is 0 Å². The van der Waals surface area contributed by atoms with Crippen LogP contribution < -0.4 is 0 Å². The van der Waals surface area contributed by atoms with Gasteiger partial charge < -0.3 is 0 Å². The van der Waals surface area contributed by atoms with Gasteiger partial charge >= 0.3 is 5.69 Å². The Kier molecular flexibility index (Phi) is 4.73. The van der Waals surface area contributed by atoms with Gasteiger partial charge in [0, 0.05) is 16.0 Å². The third-order valence-corrected chi connectivity index (χ3v) is 4.92. The van der Waals surface area contributed by atoms with Crippen LogP contribution in [-0.2, 0) is 6.42 Å². The van der Waals surface area contributed by atoms with Crippen molar-refractivity contribution in [2.24, 2.45) is 0 Å². The average Bonchev–Trinajstić information content (AvgIpc) is 2.60. The lowest BCUT2D eigenvalue weighted by atomic mass is 9.97. The van der Waals surface area contributed by atoms with E-state index in [1.54, 1.807) is 12.3 Å². The van der Waals surface area contributed by atoms with Gasteiger partial charge in [-0.1, -0.05) is 42.8 Å². The first-order chi connectivity index (χ1) is 11.6. The summed E-state index contributed by atoms with van der Waals surface area (Å²) in [5, 5.41) is 13.4. The maximum absolute atomic E-state index is 11.8. The van der Waals surface area contributed by atoms with Crippen molar-refractivity contribution in [1.82, 2.24) is 4.98 Å². The number of nitro groups is 1. The number of nitrogens with zero attached hydrogens (tertiary/aromatic N) is 2. The molecule has 0 N–H and O–H groups in total. The maximum Gasteiger partial charge on any atom is 0.309 e. The minimum absolute atomic E-state index is 0.0105. The normalized spacial score (nSPS) is 11.0. The van der Waals surface area contributed by atoms with Gasteiger partial charge in [-0.15, -0.1) is 11.8 Å². The molecular formula is C18H15ClN2O2S. The third kappa shape index (κ3) is 2.85. The molecule has 0 aliphatic rings. The topological polar surface area (TPSA) is 56.0 Å². The van der Waals surface area contributed by atoms with Crippen molar-refractivity contribution in [1.29, 1.82) is 0 Å². The molecule has 0 radical (unpaired) electrons. The molecule has 0 saturated heterocycles. The summed E-state index contributed by atoms with van der Waals surface area (Å²) in [6.45, 7) is 2.05. The first-order valence-corrected chi connectivity index (χ1v) is 9.07. The second-order valence-corrected chi connectivity index (χ2v) is 6.49. The molecule has 0 bridgehead atoms. The molecule has 0 fully saturated rings. The summed E-state index contributed by atoms with van der Waals surface area (Å²) >= 11 is 7.62. The molecule has 0 atom stereocenters. The van der Waals surface area contributed by atoms with Crippen molar-refractivity contribution >= 4 is 40.0 Å². The molecule has 3 aromatic rings. The molecule has 122 valence electrons. The van der Waals surface area contributed by atoms with Crippen LogP contribution in [0.3, 0.4) is 0 Å². The number of fused-ring (bicyclic) bond motifs is 1. The van der Waals surface area contributed by atoms with Crippen molar-refractivity contribution in [2.45, 2.75) is 18.4 Å². The highest BCUT2D eigenvalue weighted by atomic mass is 35.5. The first kappa shape index (κ1) is 16.7. The van der Waals surface area contributed by atoms with E-state index in [-0.39, 0.29) is 10.6 Å². The van der Waals surface area contributed by atoms with Gasteiger partial charge in [-0.25, -0.2) is 4.98 Å². The van der Waals surface area contributed by atoms with Gasteiger partial charge in [0.05, 0.1) is 16.0 Å². The summed E-state index contributed by atoms with van der Waals surface area (Å²) in [5.74, 6) is 0. The van der Waals surface area contributed by atoms with Gasteiger partial charge in [-0.2, -0.15) is 0 Å². The summed E-state index contributed by atoms with van der Waals surface area (Å²) in [6.07, 6.45) is 2.63. The SMILES string of the molecule is CCc1ccc2nc(SC)c([N+](=O)[O-])c(-c3ccccc3Cl)c2c1. The van der Waals surface area contributed by atoms with E-state index in [1.807, 2.05) is 36.4 Å². The molecule has 3 rings (SSSR count). The van der Waals surface area contributed by atoms with Crippen LogP contribution in [0.15, 0.2) is 47.5 Å². The highest BCUT2D eigenvalue weighted by molar-refractivity contribution is 7.98. The van der Waals surface area contributed by atoms with Crippen LogP contribution in [-0.4, -0.2) is 16.2 Å². The van der Waals surface area contributed by atoms with E-state index in [9.17, 15) is 10.1 Å². The van der Waals surface area contributed by atoms with Crippen molar-refractivity contribution in [3.8, 4) is 11.1 Å². The monoisotopic (exact) mass is 358 g/mol. The molecule has 2 aromatic carbocycles. The number of pyridine rings is 1. The summed E-state index contributed by atoms with van der Waals surface area (Å²) in [6, 6.07) is 13.1. The molecule has 1 aromatic heterocycles. The maximum atomic E-state index is 11.8. The summed E-state index contributed by atoms with van der Waals surface area (Å²) in [7, 11) is 0. The fourth-order valence-corrected chi connectivity index (χ4v) is 3.54. The van der Waals surface area contributed by atoms with Crippen LogP contribution in [0.2, 0.25) is 5.02 Å². The van der Waals surface area contributed by atoms with Crippen LogP contribution in [0, 0.1) is 10.1 Å². The summed E-state index contributed by atoms with van der Waals surface area (Å²) < 4.78 is 0. The Morgan fingerprint density at radius 3 is 2.62 bits per heavy atom. The molecule has 4 nitrogen and oxygen atoms in total. The smallest absolute Gasteiger partial charge is 0.258 e. The highest BCUT2D eigenvalue weighted by Gasteiger charge is 2.26. The fraction of sp³-hybridized carbons (Fsp3) is 0.167. The molecule has 0 saturated carbocycles. The number of aromatic nitrogens is 1. The molecule has 6 heteroatoms. The van der Waals surface area contributed by atoms with Crippen LogP contribution in [0.5, 0.6) is 0 Å². The second kappa shape index (κ2) is 6.79. The lowest BCUT2D eigenvalue weighted by molar-refractivity contribution is -0.387.